The first-order chi connectivity index (χ1) is 31.4. The molecular weight excluding hydrogens is 775 g/mol. The van der Waals surface area contributed by atoms with Crippen molar-refractivity contribution in [1.82, 2.24) is 0 Å². The second-order valence-corrected chi connectivity index (χ2v) is 15.8. The van der Waals surface area contributed by atoms with Crippen LogP contribution in [0.5, 0.6) is 0 Å². The van der Waals surface area contributed by atoms with Crippen molar-refractivity contribution in [1.29, 1.82) is 0 Å². The summed E-state index contributed by atoms with van der Waals surface area (Å²) in [5.74, 6) is 0.444. The highest BCUT2D eigenvalue weighted by Crippen LogP contribution is 2.50. The molecule has 2 heteroatoms. The van der Waals surface area contributed by atoms with Crippen LogP contribution in [-0.4, -0.2) is 0 Å². The number of hydrogen-bond donors (Lipinski definition) is 1. The van der Waals surface area contributed by atoms with E-state index in [4.69, 9.17) is 10.2 Å². The van der Waals surface area contributed by atoms with Crippen LogP contribution in [0, 0.1) is 5.92 Å². The number of nitrogens with two attached hydrogens (primary N) is 1. The van der Waals surface area contributed by atoms with E-state index < -0.39 is 0 Å². The molecule has 11 rings (SSSR count). The smallest absolute Gasteiger partial charge is 0.135 e. The molecule has 0 amide bonds. The summed E-state index contributed by atoms with van der Waals surface area (Å²) in [6, 6.07) is 40.7. The summed E-state index contributed by atoms with van der Waals surface area (Å²) in [5, 5.41) is 5.10. The van der Waals surface area contributed by atoms with Gasteiger partial charge in [0.2, 0.25) is 0 Å². The fraction of sp³-hybridized carbons (Fsp3) is 0.194. The van der Waals surface area contributed by atoms with Gasteiger partial charge in [0.15, 0.2) is 0 Å². The van der Waals surface area contributed by atoms with Crippen LogP contribution >= 0.6 is 0 Å². The van der Waals surface area contributed by atoms with Crippen molar-refractivity contribution in [2.45, 2.75) is 73.6 Å². The maximum absolute atomic E-state index is 6.12. The van der Waals surface area contributed by atoms with Gasteiger partial charge >= 0.3 is 0 Å². The Balaban J connectivity index is 0.000000164. The number of nitrogen functional groups attached to an aromatic ring is 1. The van der Waals surface area contributed by atoms with Crippen LogP contribution in [-0.2, 0) is 11.8 Å². The maximum atomic E-state index is 6.12. The van der Waals surface area contributed by atoms with E-state index in [0.717, 1.165) is 29.7 Å². The molecule has 0 fully saturated rings. The first-order valence-electron chi connectivity index (χ1n) is 23.2. The second-order valence-electron chi connectivity index (χ2n) is 15.8. The van der Waals surface area contributed by atoms with E-state index in [1.807, 2.05) is 90.1 Å². The molecule has 0 aliphatic heterocycles. The summed E-state index contributed by atoms with van der Waals surface area (Å²) in [6.07, 6.45) is 30.0. The summed E-state index contributed by atoms with van der Waals surface area (Å²) >= 11 is 0. The van der Waals surface area contributed by atoms with E-state index in [9.17, 15) is 0 Å². The number of para-hydroxylation sites is 2. The normalized spacial score (nSPS) is 14.5. The monoisotopic (exact) mass is 840 g/mol. The number of hydrogen-bond acceptors (Lipinski definition) is 2. The molecule has 324 valence electrons. The number of benzene rings is 6. The van der Waals surface area contributed by atoms with Crippen LogP contribution in [0.4, 0.5) is 5.69 Å². The molecule has 1 aromatic heterocycles. The zero-order chi connectivity index (χ0) is 45.6. The van der Waals surface area contributed by atoms with Crippen LogP contribution in [0.25, 0.3) is 61.0 Å². The summed E-state index contributed by atoms with van der Waals surface area (Å²) < 4.78 is 5.65. The number of allylic oxidation sites excluding steroid dienone is 14. The first kappa shape index (κ1) is 46.6. The number of rotatable bonds is 5. The Morgan fingerprint density at radius 3 is 1.88 bits per heavy atom. The molecule has 0 atom stereocenters. The number of furan rings is 1. The van der Waals surface area contributed by atoms with Gasteiger partial charge in [0.05, 0.1) is 0 Å². The van der Waals surface area contributed by atoms with E-state index in [1.54, 1.807) is 0 Å². The molecule has 0 saturated heterocycles. The molecule has 0 bridgehead atoms. The van der Waals surface area contributed by atoms with Crippen molar-refractivity contribution in [3.63, 3.8) is 0 Å². The lowest BCUT2D eigenvalue weighted by Crippen LogP contribution is -2.15. The van der Waals surface area contributed by atoms with Gasteiger partial charge in [0.25, 0.3) is 0 Å². The quantitative estimate of drug-likeness (QED) is 0.139. The molecule has 0 spiro atoms. The van der Waals surface area contributed by atoms with Gasteiger partial charge in [-0.2, -0.15) is 0 Å². The van der Waals surface area contributed by atoms with Crippen molar-refractivity contribution in [3.8, 4) is 22.3 Å². The molecular formula is C62H65NO. The predicted octanol–water partition coefficient (Wildman–Crippen LogP) is 17.9. The highest BCUT2D eigenvalue weighted by Gasteiger charge is 2.35. The zero-order valence-corrected chi connectivity index (χ0v) is 39.2. The Morgan fingerprint density at radius 1 is 0.656 bits per heavy atom. The van der Waals surface area contributed by atoms with Crippen molar-refractivity contribution in [2.24, 2.45) is 5.92 Å². The highest BCUT2D eigenvalue weighted by molar-refractivity contribution is 6.05. The minimum atomic E-state index is -0.0531. The molecule has 64 heavy (non-hydrogen) atoms. The third-order valence-corrected chi connectivity index (χ3v) is 11.8. The van der Waals surface area contributed by atoms with Crippen molar-refractivity contribution in [3.05, 3.63) is 228 Å². The summed E-state index contributed by atoms with van der Waals surface area (Å²) in [6.45, 7) is 20.4. The Bertz CT molecular complexity index is 2890. The average molecular weight is 840 g/mol. The summed E-state index contributed by atoms with van der Waals surface area (Å²) in [5.41, 5.74) is 22.1. The molecule has 2 nitrogen and oxygen atoms in total. The lowest BCUT2D eigenvalue weighted by atomic mass is 9.81. The van der Waals surface area contributed by atoms with E-state index in [2.05, 4.69) is 166 Å². The Labute approximate surface area is 382 Å². The standard InChI is InChI=1S/C28H23N.C16H16.C12H8O.3C2H6/c1-28(2)26-15-18(10-12-23(26)24-13-11-19(29)16-27(24)28)25-14-17-6-5-9-20(17)21-7-3-4-8-22(21)25;1-2-7-15(16-10-5-6-11-16)13-12-14-8-3-4-9-14;1-3-7-11-9(5-1)10-6-2-4-8-12(10)13-11;3*1-2/h3-8,10-16H,9,29H2,1-2H3;2-5,7-14H,1,6H2;1-8H;3*1-2H3/b;13-12-,15-7+;;;;. The Hall–Kier alpha value is -6.90. The highest BCUT2D eigenvalue weighted by atomic mass is 16.3. The van der Waals surface area contributed by atoms with E-state index >= 15 is 0 Å². The number of fused-ring (bicyclic) bond motifs is 9. The summed E-state index contributed by atoms with van der Waals surface area (Å²) in [7, 11) is 0. The molecule has 1 heterocycles. The fourth-order valence-electron chi connectivity index (χ4n) is 8.81. The fourth-order valence-corrected chi connectivity index (χ4v) is 8.81. The van der Waals surface area contributed by atoms with E-state index in [0.29, 0.717) is 5.92 Å². The average Bonchev–Trinajstić information content (AvgIpc) is 4.22. The molecule has 0 radical (unpaired) electrons. The van der Waals surface area contributed by atoms with Gasteiger partial charge in [-0.3, -0.25) is 0 Å². The minimum Gasteiger partial charge on any atom is -0.456 e. The Morgan fingerprint density at radius 2 is 1.25 bits per heavy atom. The largest absolute Gasteiger partial charge is 0.456 e. The minimum absolute atomic E-state index is 0.0531. The van der Waals surface area contributed by atoms with Gasteiger partial charge in [-0.1, -0.05) is 220 Å². The molecule has 0 saturated carbocycles. The molecule has 2 N–H and O–H groups in total. The van der Waals surface area contributed by atoms with Crippen LogP contribution < -0.4 is 5.73 Å². The van der Waals surface area contributed by atoms with Crippen LogP contribution in [0.1, 0.15) is 84.1 Å². The third kappa shape index (κ3) is 9.83. The van der Waals surface area contributed by atoms with Gasteiger partial charge in [0, 0.05) is 27.8 Å². The van der Waals surface area contributed by atoms with Crippen molar-refractivity contribution in [2.75, 3.05) is 5.73 Å². The molecule has 6 aromatic carbocycles. The molecule has 4 aliphatic rings. The molecule has 0 unspecified atom stereocenters. The van der Waals surface area contributed by atoms with Gasteiger partial charge in [-0.05, 0) is 116 Å². The SMILES string of the molecule is C=C/C=C(\C=C/C1C=CC=C1)C1=CCC=C1.CC.CC.CC.CC1(C)c2cc(N)ccc2-c2ccc(-c3cc4c(c5ccccc35)CC=C4)cc21.c1ccc2c(c1)oc1ccccc12. The second kappa shape index (κ2) is 21.9. The zero-order valence-electron chi connectivity index (χ0n) is 39.2. The van der Waals surface area contributed by atoms with Crippen LogP contribution in [0.15, 0.2) is 210 Å². The Kier molecular flexibility index (Phi) is 16.0. The van der Waals surface area contributed by atoms with Crippen LogP contribution in [0.3, 0.4) is 0 Å². The molecule has 4 aliphatic carbocycles. The lowest BCUT2D eigenvalue weighted by Gasteiger charge is -2.22. The number of anilines is 1. The van der Waals surface area contributed by atoms with Gasteiger partial charge in [0.1, 0.15) is 11.2 Å². The van der Waals surface area contributed by atoms with Gasteiger partial charge in [-0.15, -0.1) is 0 Å². The van der Waals surface area contributed by atoms with Gasteiger partial charge < -0.3 is 10.2 Å². The third-order valence-electron chi connectivity index (χ3n) is 11.8. The van der Waals surface area contributed by atoms with E-state index in [1.165, 1.54) is 77.2 Å². The predicted molar refractivity (Wildman–Crippen MR) is 283 cm³/mol. The van der Waals surface area contributed by atoms with Gasteiger partial charge in [-0.25, -0.2) is 0 Å². The molecule has 7 aromatic rings. The summed E-state index contributed by atoms with van der Waals surface area (Å²) in [4.78, 5) is 0. The van der Waals surface area contributed by atoms with Crippen molar-refractivity contribution >= 4 is 44.5 Å². The maximum Gasteiger partial charge on any atom is 0.135 e. The first-order valence-corrected chi connectivity index (χ1v) is 23.2. The topological polar surface area (TPSA) is 39.2 Å². The lowest BCUT2D eigenvalue weighted by molar-refractivity contribution is 0.661. The van der Waals surface area contributed by atoms with Crippen LogP contribution in [0.2, 0.25) is 0 Å². The van der Waals surface area contributed by atoms with E-state index in [-0.39, 0.29) is 5.41 Å². The van der Waals surface area contributed by atoms with Crippen molar-refractivity contribution < 1.29 is 4.42 Å².